The quantitative estimate of drug-likeness (QED) is 0.365. The maximum atomic E-state index is 11.6. The number of nitrogens with one attached hydrogen (secondary N) is 1. The highest BCUT2D eigenvalue weighted by molar-refractivity contribution is 8.04. The molecule has 2 aromatic carbocycles. The van der Waals surface area contributed by atoms with Crippen LogP contribution in [0, 0.1) is 0 Å². The molecule has 0 aliphatic heterocycles. The summed E-state index contributed by atoms with van der Waals surface area (Å²) in [6.07, 6.45) is 1.42. The van der Waals surface area contributed by atoms with Crippen LogP contribution in [-0.4, -0.2) is 51.6 Å². The van der Waals surface area contributed by atoms with Crippen LogP contribution in [0.25, 0.3) is 17.5 Å². The second-order valence-electron chi connectivity index (χ2n) is 5.91. The lowest BCUT2D eigenvalue weighted by molar-refractivity contribution is -0.131. The highest BCUT2D eigenvalue weighted by Crippen LogP contribution is 2.31. The van der Waals surface area contributed by atoms with Crippen LogP contribution < -0.4 is 9.47 Å². The van der Waals surface area contributed by atoms with E-state index in [2.05, 4.69) is 15.2 Å². The Morgan fingerprint density at radius 2 is 1.67 bits per heavy atom. The van der Waals surface area contributed by atoms with Crippen LogP contribution in [0.1, 0.15) is 15.9 Å². The summed E-state index contributed by atoms with van der Waals surface area (Å²) in [5, 5.41) is 25.5. The standard InChI is InChI=1S/C20H17N3O6S/c1-28-14-8-13(9-15(10-14)29-2)17-21-20(23-22-17)30-16(19(26)27)7-11-3-5-12(6-4-11)18(24)25/h3-10H,1-2H3,(H,24,25)(H,26,27)(H,21,22,23)/b16-7-. The molecule has 0 unspecified atom stereocenters. The second-order valence-corrected chi connectivity index (χ2v) is 6.92. The number of carboxylic acid groups (broad SMARTS) is 2. The lowest BCUT2D eigenvalue weighted by Crippen LogP contribution is -1.98. The first-order chi connectivity index (χ1) is 14.4. The van der Waals surface area contributed by atoms with Crippen molar-refractivity contribution in [2.24, 2.45) is 0 Å². The number of rotatable bonds is 8. The van der Waals surface area contributed by atoms with E-state index < -0.39 is 11.9 Å². The number of aromatic nitrogens is 3. The second kappa shape index (κ2) is 9.14. The minimum atomic E-state index is -1.16. The molecule has 0 fully saturated rings. The zero-order chi connectivity index (χ0) is 21.7. The molecular weight excluding hydrogens is 410 g/mol. The Hall–Kier alpha value is -3.79. The number of carbonyl (C=O) groups is 2. The number of nitrogens with zero attached hydrogens (tertiary/aromatic N) is 2. The Morgan fingerprint density at radius 1 is 1.03 bits per heavy atom. The van der Waals surface area contributed by atoms with Gasteiger partial charge >= 0.3 is 11.9 Å². The maximum Gasteiger partial charge on any atom is 0.342 e. The van der Waals surface area contributed by atoms with Crippen molar-refractivity contribution in [2.75, 3.05) is 14.2 Å². The summed E-state index contributed by atoms with van der Waals surface area (Å²) in [7, 11) is 3.07. The molecule has 0 radical (unpaired) electrons. The Morgan fingerprint density at radius 3 is 2.20 bits per heavy atom. The van der Waals surface area contributed by atoms with E-state index in [1.807, 2.05) is 0 Å². The minimum Gasteiger partial charge on any atom is -0.497 e. The third-order valence-corrected chi connectivity index (χ3v) is 4.83. The van der Waals surface area contributed by atoms with Gasteiger partial charge in [-0.25, -0.2) is 14.6 Å². The highest BCUT2D eigenvalue weighted by atomic mass is 32.2. The summed E-state index contributed by atoms with van der Waals surface area (Å²) in [6, 6.07) is 11.1. The molecule has 0 saturated heterocycles. The number of aliphatic carboxylic acids is 1. The van der Waals surface area contributed by atoms with Crippen LogP contribution in [0.15, 0.2) is 52.5 Å². The van der Waals surface area contributed by atoms with E-state index in [0.717, 1.165) is 11.8 Å². The van der Waals surface area contributed by atoms with E-state index in [4.69, 9.17) is 14.6 Å². The number of aromatic amines is 1. The van der Waals surface area contributed by atoms with Gasteiger partial charge < -0.3 is 19.7 Å². The zero-order valence-corrected chi connectivity index (χ0v) is 16.8. The van der Waals surface area contributed by atoms with Gasteiger partial charge in [-0.1, -0.05) is 12.1 Å². The molecule has 1 aromatic heterocycles. The average Bonchev–Trinajstić information content (AvgIpc) is 3.21. The van der Waals surface area contributed by atoms with E-state index in [-0.39, 0.29) is 15.6 Å². The molecule has 9 nitrogen and oxygen atoms in total. The molecule has 0 saturated carbocycles. The van der Waals surface area contributed by atoms with Crippen LogP contribution in [-0.2, 0) is 4.79 Å². The molecule has 0 spiro atoms. The van der Waals surface area contributed by atoms with Gasteiger partial charge in [0, 0.05) is 11.6 Å². The molecule has 1 heterocycles. The first-order valence-corrected chi connectivity index (χ1v) is 9.33. The number of thioether (sulfide) groups is 1. The molecule has 10 heteroatoms. The summed E-state index contributed by atoms with van der Waals surface area (Å²) in [4.78, 5) is 26.9. The first-order valence-electron chi connectivity index (χ1n) is 8.51. The summed E-state index contributed by atoms with van der Waals surface area (Å²) in [5.74, 6) is -0.639. The van der Waals surface area contributed by atoms with Crippen LogP contribution in [0.5, 0.6) is 11.5 Å². The Balaban J connectivity index is 1.85. The topological polar surface area (TPSA) is 135 Å². The van der Waals surface area contributed by atoms with Gasteiger partial charge in [-0.3, -0.25) is 5.10 Å². The largest absolute Gasteiger partial charge is 0.497 e. The molecule has 0 aliphatic rings. The van der Waals surface area contributed by atoms with E-state index in [0.29, 0.717) is 28.5 Å². The monoisotopic (exact) mass is 427 g/mol. The van der Waals surface area contributed by atoms with E-state index in [1.165, 1.54) is 44.6 Å². The van der Waals surface area contributed by atoms with Crippen molar-refractivity contribution in [1.82, 2.24) is 15.2 Å². The molecule has 0 aliphatic carbocycles. The smallest absolute Gasteiger partial charge is 0.342 e. The zero-order valence-electron chi connectivity index (χ0n) is 15.9. The average molecular weight is 427 g/mol. The molecule has 0 bridgehead atoms. The van der Waals surface area contributed by atoms with Gasteiger partial charge in [-0.15, -0.1) is 5.10 Å². The van der Waals surface area contributed by atoms with Gasteiger partial charge in [0.25, 0.3) is 0 Å². The van der Waals surface area contributed by atoms with Crippen molar-refractivity contribution in [1.29, 1.82) is 0 Å². The lowest BCUT2D eigenvalue weighted by Gasteiger charge is -2.06. The van der Waals surface area contributed by atoms with Crippen molar-refractivity contribution < 1.29 is 29.3 Å². The molecule has 30 heavy (non-hydrogen) atoms. The normalized spacial score (nSPS) is 11.2. The van der Waals surface area contributed by atoms with Crippen LogP contribution in [0.4, 0.5) is 0 Å². The summed E-state index contributed by atoms with van der Waals surface area (Å²) >= 11 is 0.867. The van der Waals surface area contributed by atoms with Gasteiger partial charge in [-0.2, -0.15) is 0 Å². The van der Waals surface area contributed by atoms with Crippen LogP contribution >= 0.6 is 11.8 Å². The Kier molecular flexibility index (Phi) is 6.38. The number of carboxylic acids is 2. The predicted octanol–water partition coefficient (Wildman–Crippen LogP) is 3.40. The molecular formula is C20H17N3O6S. The van der Waals surface area contributed by atoms with Crippen molar-refractivity contribution >= 4 is 29.8 Å². The number of H-pyrrole nitrogens is 1. The Bertz CT molecular complexity index is 1090. The van der Waals surface area contributed by atoms with Crippen LogP contribution in [0.2, 0.25) is 0 Å². The fourth-order valence-electron chi connectivity index (χ4n) is 2.47. The van der Waals surface area contributed by atoms with Crippen molar-refractivity contribution in [3.63, 3.8) is 0 Å². The molecule has 3 aromatic rings. The molecule has 154 valence electrons. The third kappa shape index (κ3) is 4.97. The maximum absolute atomic E-state index is 11.6. The molecule has 0 amide bonds. The van der Waals surface area contributed by atoms with Gasteiger partial charge in [0.05, 0.1) is 19.8 Å². The highest BCUT2D eigenvalue weighted by Gasteiger charge is 2.15. The number of ether oxygens (including phenoxy) is 2. The van der Waals surface area contributed by atoms with Gasteiger partial charge in [0.15, 0.2) is 5.82 Å². The van der Waals surface area contributed by atoms with E-state index in [9.17, 15) is 14.7 Å². The summed E-state index contributed by atoms with van der Waals surface area (Å²) in [5.41, 5.74) is 1.32. The Labute approximate surface area is 175 Å². The predicted molar refractivity (Wildman–Crippen MR) is 110 cm³/mol. The third-order valence-electron chi connectivity index (χ3n) is 3.96. The van der Waals surface area contributed by atoms with Crippen molar-refractivity contribution in [3.8, 4) is 22.9 Å². The first kappa shape index (κ1) is 20.9. The number of aromatic carboxylic acids is 1. The fraction of sp³-hybridized carbons (Fsp3) is 0.100. The molecule has 3 rings (SSSR count). The lowest BCUT2D eigenvalue weighted by atomic mass is 10.1. The van der Waals surface area contributed by atoms with Gasteiger partial charge in [0.2, 0.25) is 5.16 Å². The summed E-state index contributed by atoms with van der Waals surface area (Å²) in [6.45, 7) is 0. The number of hydrogen-bond acceptors (Lipinski definition) is 7. The molecule has 0 atom stereocenters. The number of benzene rings is 2. The van der Waals surface area contributed by atoms with Crippen LogP contribution in [0.3, 0.4) is 0 Å². The SMILES string of the molecule is COc1cc(OC)cc(-c2nc(S/C(=C\c3ccc(C(=O)O)cc3)C(=O)O)n[nH]2)c1. The fourth-order valence-corrected chi connectivity index (χ4v) is 3.18. The van der Waals surface area contributed by atoms with Gasteiger partial charge in [0.1, 0.15) is 16.4 Å². The van der Waals surface area contributed by atoms with Crippen molar-refractivity contribution in [3.05, 3.63) is 58.5 Å². The van der Waals surface area contributed by atoms with Gasteiger partial charge in [-0.05, 0) is 47.7 Å². The van der Waals surface area contributed by atoms with E-state index >= 15 is 0 Å². The summed E-state index contributed by atoms with van der Waals surface area (Å²) < 4.78 is 10.5. The van der Waals surface area contributed by atoms with Crippen molar-refractivity contribution in [2.45, 2.75) is 5.16 Å². The molecule has 3 N–H and O–H groups in total. The number of methoxy groups -OCH3 is 2. The number of hydrogen-bond donors (Lipinski definition) is 3. The van der Waals surface area contributed by atoms with E-state index in [1.54, 1.807) is 18.2 Å². The minimum absolute atomic E-state index is 0.0214.